The van der Waals surface area contributed by atoms with Crippen molar-refractivity contribution in [1.29, 1.82) is 0 Å². The van der Waals surface area contributed by atoms with E-state index in [2.05, 4.69) is 74.8 Å². The van der Waals surface area contributed by atoms with Gasteiger partial charge in [0.05, 0.1) is 0 Å². The lowest BCUT2D eigenvalue weighted by atomic mass is 10.0. The zero-order chi connectivity index (χ0) is 38.8. The lowest BCUT2D eigenvalue weighted by molar-refractivity contribution is -0.137. The van der Waals surface area contributed by atoms with Crippen LogP contribution in [0.5, 0.6) is 0 Å². The summed E-state index contributed by atoms with van der Waals surface area (Å²) in [7, 11) is 0. The predicted octanol–water partition coefficient (Wildman–Crippen LogP) is 11.9. The molecule has 0 saturated heterocycles. The van der Waals surface area contributed by atoms with E-state index in [0.29, 0.717) is 6.42 Å². The van der Waals surface area contributed by atoms with Crippen LogP contribution in [0.3, 0.4) is 0 Å². The Morgan fingerprint density at radius 3 is 1.04 bits per heavy atom. The number of carboxylic acids is 2. The molecule has 0 aliphatic heterocycles. The maximum atomic E-state index is 10.3. The van der Waals surface area contributed by atoms with Crippen molar-refractivity contribution in [1.82, 2.24) is 0 Å². The first-order chi connectivity index (χ1) is 25.1. The first-order valence-electron chi connectivity index (χ1n) is 18.0. The smallest absolute Gasteiger partial charge is 0.303 e. The topological polar surface area (TPSA) is 94.8 Å². The molecule has 278 valence electrons. The van der Waals surface area contributed by atoms with E-state index in [0.717, 1.165) is 18.1 Å². The maximum Gasteiger partial charge on any atom is 0.303 e. The zero-order valence-electron chi connectivity index (χ0n) is 31.4. The Hall–Kier alpha value is -5.26. The second-order valence-electron chi connectivity index (χ2n) is 11.8. The fraction of sp³-hybridized carbons (Fsp3) is 0.277. The van der Waals surface area contributed by atoms with Gasteiger partial charge in [0.1, 0.15) is 0 Å². The highest BCUT2D eigenvalue weighted by atomic mass is 16.4. The van der Waals surface area contributed by atoms with Gasteiger partial charge in [-0.25, -0.2) is 0 Å². The lowest BCUT2D eigenvalue weighted by Crippen LogP contribution is -1.97. The van der Waals surface area contributed by atoms with Gasteiger partial charge in [0.15, 0.2) is 0 Å². The third-order valence-electron chi connectivity index (χ3n) is 7.49. The first kappa shape index (κ1) is 46.7. The molecule has 0 fully saturated rings. The van der Waals surface area contributed by atoms with Gasteiger partial charge in [-0.15, -0.1) is 0 Å². The molecule has 0 amide bonds. The van der Waals surface area contributed by atoms with E-state index in [1.807, 2.05) is 72.8 Å². The number of hydrogen-bond acceptors (Lipinski definition) is 3. The number of hydrogen-bond donors (Lipinski definition) is 3. The van der Waals surface area contributed by atoms with Crippen LogP contribution in [0.25, 0.3) is 24.3 Å². The van der Waals surface area contributed by atoms with Gasteiger partial charge in [-0.2, -0.15) is 0 Å². The van der Waals surface area contributed by atoms with E-state index in [9.17, 15) is 4.79 Å². The Morgan fingerprint density at radius 1 is 0.500 bits per heavy atom. The summed E-state index contributed by atoms with van der Waals surface area (Å²) < 4.78 is 0. The number of aliphatic carboxylic acids is 2. The van der Waals surface area contributed by atoms with Crippen LogP contribution in [0.15, 0.2) is 129 Å². The molecule has 4 aromatic rings. The van der Waals surface area contributed by atoms with Gasteiger partial charge < -0.3 is 15.3 Å². The fourth-order valence-electron chi connectivity index (χ4n) is 4.67. The van der Waals surface area contributed by atoms with Crippen molar-refractivity contribution in [3.63, 3.8) is 0 Å². The molecule has 0 saturated carbocycles. The number of carbonyl (C=O) groups is 2. The first-order valence-corrected chi connectivity index (χ1v) is 18.0. The van der Waals surface area contributed by atoms with Gasteiger partial charge in [0, 0.05) is 20.0 Å². The number of carboxylic acid groups (broad SMARTS) is 2. The minimum absolute atomic E-state index is 0.188. The normalized spacial score (nSPS) is 9.37. The molecular formula is C47H60O5. The molecule has 5 heteroatoms. The van der Waals surface area contributed by atoms with Crippen molar-refractivity contribution >= 4 is 36.2 Å². The van der Waals surface area contributed by atoms with Gasteiger partial charge in [0.25, 0.3) is 5.97 Å². The fourth-order valence-corrected chi connectivity index (χ4v) is 4.67. The minimum Gasteiger partial charge on any atom is -0.481 e. The molecule has 0 aliphatic carbocycles. The Kier molecular flexibility index (Phi) is 28.5. The molecular weight excluding hydrogens is 645 g/mol. The Bertz CT molecular complexity index is 1460. The van der Waals surface area contributed by atoms with Crippen LogP contribution in [-0.2, 0) is 28.9 Å². The molecule has 0 spiro atoms. The number of aryl methyl sites for hydroxylation is 3. The summed E-state index contributed by atoms with van der Waals surface area (Å²) in [4.78, 5) is 19.3. The maximum absolute atomic E-state index is 10.3. The van der Waals surface area contributed by atoms with Crippen molar-refractivity contribution in [2.75, 3.05) is 6.61 Å². The molecule has 0 bridgehead atoms. The van der Waals surface area contributed by atoms with Gasteiger partial charge in [-0.3, -0.25) is 9.59 Å². The van der Waals surface area contributed by atoms with Gasteiger partial charge >= 0.3 is 5.97 Å². The van der Waals surface area contributed by atoms with E-state index in [-0.39, 0.29) is 13.0 Å². The van der Waals surface area contributed by atoms with Crippen LogP contribution in [-0.4, -0.2) is 33.9 Å². The number of aliphatic hydroxyl groups excluding tert-OH is 1. The van der Waals surface area contributed by atoms with Crippen molar-refractivity contribution < 1.29 is 24.9 Å². The summed E-state index contributed by atoms with van der Waals surface area (Å²) >= 11 is 0. The van der Waals surface area contributed by atoms with E-state index in [1.165, 1.54) is 79.2 Å². The Labute approximate surface area is 313 Å². The van der Waals surface area contributed by atoms with Crippen LogP contribution in [0, 0.1) is 0 Å². The van der Waals surface area contributed by atoms with Crippen LogP contribution in [0.2, 0.25) is 0 Å². The average Bonchev–Trinajstić information content (AvgIpc) is 3.16. The van der Waals surface area contributed by atoms with Crippen LogP contribution >= 0.6 is 0 Å². The molecule has 4 rings (SSSR count). The second-order valence-corrected chi connectivity index (χ2v) is 11.8. The molecule has 0 atom stereocenters. The minimum atomic E-state index is -0.833. The summed E-state index contributed by atoms with van der Waals surface area (Å²) in [5, 5.41) is 23.4. The zero-order valence-corrected chi connectivity index (χ0v) is 31.4. The van der Waals surface area contributed by atoms with Gasteiger partial charge in [0.2, 0.25) is 0 Å². The van der Waals surface area contributed by atoms with E-state index < -0.39 is 11.9 Å². The quantitative estimate of drug-likeness (QED) is 0.101. The lowest BCUT2D eigenvalue weighted by Gasteiger charge is -2.04. The molecule has 52 heavy (non-hydrogen) atoms. The number of unbranched alkanes of at least 4 members (excludes halogenated alkanes) is 5. The molecule has 0 aromatic heterocycles. The van der Waals surface area contributed by atoms with Crippen LogP contribution < -0.4 is 0 Å². The summed E-state index contributed by atoms with van der Waals surface area (Å²) in [5.41, 5.74) is 8.59. The monoisotopic (exact) mass is 704 g/mol. The van der Waals surface area contributed by atoms with Crippen molar-refractivity contribution in [3.8, 4) is 0 Å². The highest BCUT2D eigenvalue weighted by Gasteiger charge is 1.99. The van der Waals surface area contributed by atoms with Crippen molar-refractivity contribution in [2.24, 2.45) is 0 Å². The Morgan fingerprint density at radius 2 is 0.769 bits per heavy atom. The molecule has 5 nitrogen and oxygen atoms in total. The number of rotatable bonds is 16. The molecule has 0 unspecified atom stereocenters. The molecule has 0 aliphatic rings. The summed E-state index contributed by atoms with van der Waals surface area (Å²) in [5.74, 6) is -1.59. The number of aliphatic hydroxyl groups is 1. The van der Waals surface area contributed by atoms with Crippen LogP contribution in [0.1, 0.15) is 97.7 Å². The van der Waals surface area contributed by atoms with E-state index in [1.54, 1.807) is 13.0 Å². The average molecular weight is 705 g/mol. The van der Waals surface area contributed by atoms with Crippen LogP contribution in [0.4, 0.5) is 0 Å². The molecule has 4 aromatic carbocycles. The third-order valence-corrected chi connectivity index (χ3v) is 7.49. The molecule has 3 N–H and O–H groups in total. The summed E-state index contributed by atoms with van der Waals surface area (Å²) in [6.07, 6.45) is 18.6. The highest BCUT2D eigenvalue weighted by molar-refractivity contribution is 5.67. The highest BCUT2D eigenvalue weighted by Crippen LogP contribution is 2.14. The molecule has 0 heterocycles. The standard InChI is InChI=1S/C24H30.C11H12O2.C8H8.C2H4O2.C2H6O/c1-3-21-13-17-23(18-14-21)11-9-7-5-6-8-10-12-24-19-15-22(4-2)16-20-24;1-2-9-3-5-10(6-4-9)7-8-11(12)13;1-2-8-6-4-3-5-7-8;1-2(3)4;1-2-3/h3-4,13-20H,1-2,5-12H2;2-6H,1,7-8H2,(H,12,13);2-7H,1H2;1H3,(H,3,4);3H,2H2,1H3. The number of benzene rings is 4. The second kappa shape index (κ2) is 31.7. The Balaban J connectivity index is 0.000000771. The third kappa shape index (κ3) is 26.6. The summed E-state index contributed by atoms with van der Waals surface area (Å²) in [6, 6.07) is 35.3. The summed E-state index contributed by atoms with van der Waals surface area (Å²) in [6.45, 7) is 17.9. The largest absolute Gasteiger partial charge is 0.481 e. The van der Waals surface area contributed by atoms with Gasteiger partial charge in [-0.1, -0.05) is 179 Å². The van der Waals surface area contributed by atoms with E-state index in [4.69, 9.17) is 20.1 Å². The van der Waals surface area contributed by atoms with E-state index >= 15 is 0 Å². The predicted molar refractivity (Wildman–Crippen MR) is 223 cm³/mol. The molecule has 0 radical (unpaired) electrons. The van der Waals surface area contributed by atoms with Crippen molar-refractivity contribution in [2.45, 2.75) is 78.1 Å². The van der Waals surface area contributed by atoms with Gasteiger partial charge in [-0.05, 0) is 78.0 Å². The SMILES string of the molecule is C=Cc1ccc(CCC(=O)O)cc1.C=Cc1ccc(CCCCCCCCc2ccc(C=C)cc2)cc1.C=Cc1ccccc1.CC(=O)O.CCO. The van der Waals surface area contributed by atoms with Crippen molar-refractivity contribution in [3.05, 3.63) is 168 Å².